The van der Waals surface area contributed by atoms with Crippen molar-refractivity contribution in [1.82, 2.24) is 5.43 Å². The predicted molar refractivity (Wildman–Crippen MR) is 49.7 cm³/mol. The van der Waals surface area contributed by atoms with Crippen molar-refractivity contribution in [3.05, 3.63) is 34.6 Å². The van der Waals surface area contributed by atoms with Crippen LogP contribution >= 0.6 is 24.0 Å². The lowest BCUT2D eigenvalue weighted by atomic mass is 10.2. The predicted octanol–water partition coefficient (Wildman–Crippen LogP) is 1.86. The van der Waals surface area contributed by atoms with Gasteiger partial charge >= 0.3 is 0 Å². The van der Waals surface area contributed by atoms with E-state index in [1.165, 1.54) is 6.07 Å². The van der Waals surface area contributed by atoms with Crippen LogP contribution in [0.4, 0.5) is 4.39 Å². The molecule has 1 aromatic rings. The Bertz CT molecular complexity index is 255. The fraction of sp³-hybridized carbons (Fsp3) is 0.143. The average Bonchev–Trinajstić information content (AvgIpc) is 1.99. The van der Waals surface area contributed by atoms with Crippen molar-refractivity contribution in [2.24, 2.45) is 5.84 Å². The molecule has 0 heterocycles. The summed E-state index contributed by atoms with van der Waals surface area (Å²) in [5.74, 6) is 4.61. The van der Waals surface area contributed by atoms with Crippen LogP contribution in [0.1, 0.15) is 5.56 Å². The number of hydrazine groups is 1. The van der Waals surface area contributed by atoms with Gasteiger partial charge in [0.05, 0.1) is 5.02 Å². The van der Waals surface area contributed by atoms with Gasteiger partial charge in [-0.3, -0.25) is 11.3 Å². The van der Waals surface area contributed by atoms with Gasteiger partial charge in [-0.05, 0) is 6.07 Å². The minimum Gasteiger partial charge on any atom is -0.271 e. The fourth-order valence-corrected chi connectivity index (χ4v) is 0.989. The Morgan fingerprint density at radius 3 is 2.75 bits per heavy atom. The SMILES string of the molecule is Cl.NNCc1cccc(Cl)c1F. The van der Waals surface area contributed by atoms with Crippen LogP contribution in [0.3, 0.4) is 0 Å². The van der Waals surface area contributed by atoms with E-state index in [-0.39, 0.29) is 24.0 Å². The van der Waals surface area contributed by atoms with Crippen LogP contribution in [-0.2, 0) is 6.54 Å². The van der Waals surface area contributed by atoms with Crippen LogP contribution in [0.15, 0.2) is 18.2 Å². The molecule has 0 aromatic heterocycles. The molecule has 0 spiro atoms. The molecule has 0 aliphatic carbocycles. The van der Waals surface area contributed by atoms with Gasteiger partial charge in [0.2, 0.25) is 0 Å². The number of nitrogens with one attached hydrogen (secondary N) is 1. The van der Waals surface area contributed by atoms with E-state index in [2.05, 4.69) is 5.43 Å². The molecule has 2 nitrogen and oxygen atoms in total. The molecule has 0 amide bonds. The van der Waals surface area contributed by atoms with Crippen LogP contribution < -0.4 is 11.3 Å². The molecular weight excluding hydrogens is 202 g/mol. The van der Waals surface area contributed by atoms with Crippen LogP contribution in [0, 0.1) is 5.82 Å². The van der Waals surface area contributed by atoms with E-state index in [4.69, 9.17) is 17.4 Å². The first-order valence-electron chi connectivity index (χ1n) is 3.12. The Kier molecular flexibility index (Phi) is 5.17. The molecule has 0 atom stereocenters. The standard InChI is InChI=1S/C7H8ClFN2.ClH/c8-6-3-1-2-5(4-11-10)7(6)9;/h1-3,11H,4,10H2;1H. The summed E-state index contributed by atoms with van der Waals surface area (Å²) in [6, 6.07) is 4.80. The number of benzene rings is 1. The van der Waals surface area contributed by atoms with Crippen LogP contribution in [0.25, 0.3) is 0 Å². The summed E-state index contributed by atoms with van der Waals surface area (Å²) in [6.45, 7) is 0.284. The van der Waals surface area contributed by atoms with Crippen molar-refractivity contribution in [3.63, 3.8) is 0 Å². The van der Waals surface area contributed by atoms with E-state index in [1.807, 2.05) is 0 Å². The molecule has 0 bridgehead atoms. The lowest BCUT2D eigenvalue weighted by Gasteiger charge is -2.01. The van der Waals surface area contributed by atoms with Gasteiger partial charge in [-0.2, -0.15) is 0 Å². The van der Waals surface area contributed by atoms with E-state index in [1.54, 1.807) is 12.1 Å². The zero-order valence-corrected chi connectivity index (χ0v) is 7.75. The highest BCUT2D eigenvalue weighted by Gasteiger charge is 2.03. The number of nitrogens with two attached hydrogens (primary N) is 1. The van der Waals surface area contributed by atoms with Crippen molar-refractivity contribution >= 4 is 24.0 Å². The van der Waals surface area contributed by atoms with E-state index in [0.29, 0.717) is 5.56 Å². The maximum absolute atomic E-state index is 13.0. The van der Waals surface area contributed by atoms with Crippen LogP contribution in [0.5, 0.6) is 0 Å². The third-order valence-electron chi connectivity index (χ3n) is 1.32. The quantitative estimate of drug-likeness (QED) is 0.578. The number of hydrogen-bond donors (Lipinski definition) is 2. The Hall–Kier alpha value is -0.350. The van der Waals surface area contributed by atoms with Crippen molar-refractivity contribution in [3.8, 4) is 0 Å². The topological polar surface area (TPSA) is 38.0 Å². The number of halogens is 3. The van der Waals surface area contributed by atoms with Crippen molar-refractivity contribution in [2.45, 2.75) is 6.54 Å². The third-order valence-corrected chi connectivity index (χ3v) is 1.62. The molecule has 0 aliphatic rings. The van der Waals surface area contributed by atoms with Crippen molar-refractivity contribution in [2.75, 3.05) is 0 Å². The van der Waals surface area contributed by atoms with Crippen molar-refractivity contribution in [1.29, 1.82) is 0 Å². The number of hydrogen-bond acceptors (Lipinski definition) is 2. The summed E-state index contributed by atoms with van der Waals surface area (Å²) in [5.41, 5.74) is 2.83. The van der Waals surface area contributed by atoms with Crippen LogP contribution in [0.2, 0.25) is 5.02 Å². The zero-order chi connectivity index (χ0) is 8.27. The highest BCUT2D eigenvalue weighted by molar-refractivity contribution is 6.30. The lowest BCUT2D eigenvalue weighted by Crippen LogP contribution is -2.21. The van der Waals surface area contributed by atoms with Gasteiger partial charge < -0.3 is 0 Å². The Morgan fingerprint density at radius 1 is 1.50 bits per heavy atom. The van der Waals surface area contributed by atoms with E-state index in [0.717, 1.165) is 0 Å². The molecular formula is C7H9Cl2FN2. The third kappa shape index (κ3) is 2.60. The van der Waals surface area contributed by atoms with E-state index in [9.17, 15) is 4.39 Å². The Labute approximate surface area is 81.3 Å². The molecule has 0 radical (unpaired) electrons. The maximum Gasteiger partial charge on any atom is 0.146 e. The zero-order valence-electron chi connectivity index (χ0n) is 6.18. The van der Waals surface area contributed by atoms with Gasteiger partial charge in [-0.25, -0.2) is 4.39 Å². The lowest BCUT2D eigenvalue weighted by molar-refractivity contribution is 0.594. The molecule has 0 aliphatic heterocycles. The molecule has 1 rings (SSSR count). The molecule has 5 heteroatoms. The van der Waals surface area contributed by atoms with Gasteiger partial charge in [0.25, 0.3) is 0 Å². The van der Waals surface area contributed by atoms with Gasteiger partial charge in [-0.1, -0.05) is 23.7 Å². The smallest absolute Gasteiger partial charge is 0.146 e. The highest BCUT2D eigenvalue weighted by atomic mass is 35.5. The highest BCUT2D eigenvalue weighted by Crippen LogP contribution is 2.17. The number of rotatable bonds is 2. The second-order valence-electron chi connectivity index (χ2n) is 2.09. The maximum atomic E-state index is 13.0. The molecule has 68 valence electrons. The Balaban J connectivity index is 0.00000121. The molecule has 0 unspecified atom stereocenters. The fourth-order valence-electron chi connectivity index (χ4n) is 0.795. The summed E-state index contributed by atoms with van der Waals surface area (Å²) >= 11 is 5.51. The second-order valence-corrected chi connectivity index (χ2v) is 2.50. The average molecular weight is 211 g/mol. The molecule has 3 N–H and O–H groups in total. The van der Waals surface area contributed by atoms with Crippen LogP contribution in [-0.4, -0.2) is 0 Å². The first kappa shape index (κ1) is 11.6. The monoisotopic (exact) mass is 210 g/mol. The van der Waals surface area contributed by atoms with Gasteiger partial charge in [-0.15, -0.1) is 12.4 Å². The summed E-state index contributed by atoms with van der Waals surface area (Å²) in [4.78, 5) is 0. The van der Waals surface area contributed by atoms with Gasteiger partial charge in [0, 0.05) is 12.1 Å². The largest absolute Gasteiger partial charge is 0.271 e. The summed E-state index contributed by atoms with van der Waals surface area (Å²) in [6.07, 6.45) is 0. The first-order chi connectivity index (χ1) is 5.25. The first-order valence-corrected chi connectivity index (χ1v) is 3.50. The minimum absolute atomic E-state index is 0. The molecule has 1 aromatic carbocycles. The summed E-state index contributed by atoms with van der Waals surface area (Å²) in [5, 5.41) is 0.123. The summed E-state index contributed by atoms with van der Waals surface area (Å²) < 4.78 is 13.0. The van der Waals surface area contributed by atoms with E-state index < -0.39 is 5.82 Å². The minimum atomic E-state index is -0.410. The van der Waals surface area contributed by atoms with Gasteiger partial charge in [0.1, 0.15) is 5.82 Å². The molecule has 0 saturated carbocycles. The second kappa shape index (κ2) is 5.32. The van der Waals surface area contributed by atoms with E-state index >= 15 is 0 Å². The Morgan fingerprint density at radius 2 is 2.17 bits per heavy atom. The van der Waals surface area contributed by atoms with Gasteiger partial charge in [0.15, 0.2) is 0 Å². The molecule has 0 saturated heterocycles. The molecule has 12 heavy (non-hydrogen) atoms. The molecule has 0 fully saturated rings. The summed E-state index contributed by atoms with van der Waals surface area (Å²) in [7, 11) is 0. The normalized spacial score (nSPS) is 9.25. The van der Waals surface area contributed by atoms with Crippen molar-refractivity contribution < 1.29 is 4.39 Å².